The van der Waals surface area contributed by atoms with E-state index in [1.165, 1.54) is 12.3 Å². The van der Waals surface area contributed by atoms with Crippen LogP contribution in [0.1, 0.15) is 16.1 Å². The van der Waals surface area contributed by atoms with E-state index < -0.39 is 5.91 Å². The molecule has 0 atom stereocenters. The van der Waals surface area contributed by atoms with Crippen molar-refractivity contribution in [2.45, 2.75) is 6.92 Å². The summed E-state index contributed by atoms with van der Waals surface area (Å²) in [6.07, 6.45) is 1.40. The number of H-pyrrole nitrogens is 1. The Hall–Kier alpha value is -2.08. The number of benzene rings is 1. The van der Waals surface area contributed by atoms with Crippen molar-refractivity contribution in [3.05, 3.63) is 56.4 Å². The lowest BCUT2D eigenvalue weighted by Crippen LogP contribution is -2.21. The summed E-state index contributed by atoms with van der Waals surface area (Å²) in [6, 6.07) is 6.42. The molecule has 0 unspecified atom stereocenters. The Balaban J connectivity index is 2.25. The predicted molar refractivity (Wildman–Crippen MR) is 78.3 cm³/mol. The lowest BCUT2D eigenvalue weighted by molar-refractivity contribution is 0.102. The van der Waals surface area contributed by atoms with Crippen LogP contribution in [0, 0.1) is 6.92 Å². The molecule has 2 rings (SSSR count). The van der Waals surface area contributed by atoms with Crippen LogP contribution in [-0.2, 0) is 0 Å². The van der Waals surface area contributed by atoms with E-state index in [1.54, 1.807) is 25.1 Å². The fourth-order valence-electron chi connectivity index (χ4n) is 1.57. The number of amides is 1. The molecule has 0 radical (unpaired) electrons. The Morgan fingerprint density at radius 1 is 1.37 bits per heavy atom. The van der Waals surface area contributed by atoms with Gasteiger partial charge in [0.25, 0.3) is 5.91 Å². The van der Waals surface area contributed by atoms with Gasteiger partial charge in [0.1, 0.15) is 5.56 Å². The van der Waals surface area contributed by atoms with E-state index in [-0.39, 0.29) is 11.0 Å². The molecule has 5 nitrogen and oxygen atoms in total. The first-order valence-electron chi connectivity index (χ1n) is 5.53. The highest BCUT2D eigenvalue weighted by atomic mass is 79.9. The van der Waals surface area contributed by atoms with Gasteiger partial charge in [-0.15, -0.1) is 0 Å². The molecule has 0 spiro atoms. The maximum atomic E-state index is 12.0. The Bertz CT molecular complexity index is 695. The summed E-state index contributed by atoms with van der Waals surface area (Å²) in [5, 5.41) is 2.63. The first kappa shape index (κ1) is 13.4. The molecule has 1 aromatic carbocycles. The van der Waals surface area contributed by atoms with Crippen molar-refractivity contribution in [1.82, 2.24) is 4.98 Å². The third kappa shape index (κ3) is 3.03. The van der Waals surface area contributed by atoms with Crippen molar-refractivity contribution in [1.29, 1.82) is 0 Å². The van der Waals surface area contributed by atoms with Crippen molar-refractivity contribution in [2.24, 2.45) is 0 Å². The van der Waals surface area contributed by atoms with Crippen LogP contribution in [-0.4, -0.2) is 10.9 Å². The molecule has 4 N–H and O–H groups in total. The van der Waals surface area contributed by atoms with Crippen molar-refractivity contribution in [2.75, 3.05) is 11.1 Å². The van der Waals surface area contributed by atoms with E-state index in [9.17, 15) is 9.59 Å². The first-order valence-corrected chi connectivity index (χ1v) is 6.32. The predicted octanol–water partition coefficient (Wildman–Crippen LogP) is 2.28. The number of rotatable bonds is 2. The molecule has 2 aromatic rings. The van der Waals surface area contributed by atoms with Crippen molar-refractivity contribution in [3.63, 3.8) is 0 Å². The molecule has 19 heavy (non-hydrogen) atoms. The molecule has 98 valence electrons. The lowest BCUT2D eigenvalue weighted by atomic mass is 10.2. The number of nitrogen functional groups attached to an aromatic ring is 1. The molecule has 0 aliphatic rings. The van der Waals surface area contributed by atoms with Gasteiger partial charge in [-0.05, 0) is 41.1 Å². The lowest BCUT2D eigenvalue weighted by Gasteiger charge is -2.06. The van der Waals surface area contributed by atoms with Crippen LogP contribution >= 0.6 is 15.9 Å². The summed E-state index contributed by atoms with van der Waals surface area (Å²) in [7, 11) is 0. The Morgan fingerprint density at radius 3 is 2.74 bits per heavy atom. The minimum absolute atomic E-state index is 0.0621. The molecule has 1 amide bonds. The topological polar surface area (TPSA) is 88.0 Å². The van der Waals surface area contributed by atoms with Gasteiger partial charge < -0.3 is 16.0 Å². The van der Waals surface area contributed by atoms with Gasteiger partial charge in [-0.3, -0.25) is 9.59 Å². The van der Waals surface area contributed by atoms with E-state index in [0.717, 1.165) is 4.47 Å². The molecule has 0 saturated carbocycles. The summed E-state index contributed by atoms with van der Waals surface area (Å²) in [5.41, 5.74) is 7.21. The number of aromatic amines is 1. The highest BCUT2D eigenvalue weighted by molar-refractivity contribution is 9.10. The van der Waals surface area contributed by atoms with Crippen LogP contribution in [0.15, 0.2) is 39.7 Å². The number of nitrogens with one attached hydrogen (secondary N) is 2. The first-order chi connectivity index (χ1) is 8.97. The van der Waals surface area contributed by atoms with Crippen molar-refractivity contribution < 1.29 is 4.79 Å². The van der Waals surface area contributed by atoms with Crippen LogP contribution in [0.25, 0.3) is 0 Å². The number of hydrogen-bond donors (Lipinski definition) is 3. The summed E-state index contributed by atoms with van der Waals surface area (Å²) in [4.78, 5) is 26.5. The van der Waals surface area contributed by atoms with E-state index in [0.29, 0.717) is 17.1 Å². The van der Waals surface area contributed by atoms with Gasteiger partial charge in [-0.25, -0.2) is 0 Å². The maximum absolute atomic E-state index is 12.0. The third-order valence-electron chi connectivity index (χ3n) is 2.56. The van der Waals surface area contributed by atoms with Crippen LogP contribution in [0.4, 0.5) is 11.4 Å². The fraction of sp³-hybridized carbons (Fsp3) is 0.0769. The molecule has 0 bridgehead atoms. The number of anilines is 2. The van der Waals surface area contributed by atoms with Gasteiger partial charge >= 0.3 is 0 Å². The van der Waals surface area contributed by atoms with Gasteiger partial charge in [-0.2, -0.15) is 0 Å². The maximum Gasteiger partial charge on any atom is 0.261 e. The monoisotopic (exact) mass is 321 g/mol. The quantitative estimate of drug-likeness (QED) is 0.741. The van der Waals surface area contributed by atoms with Gasteiger partial charge in [0.2, 0.25) is 0 Å². The minimum atomic E-state index is -0.469. The normalized spacial score (nSPS) is 10.2. The van der Waals surface area contributed by atoms with Gasteiger partial charge in [0, 0.05) is 33.8 Å². The number of aromatic nitrogens is 1. The van der Waals surface area contributed by atoms with Crippen LogP contribution in [0.2, 0.25) is 0 Å². The highest BCUT2D eigenvalue weighted by Gasteiger charge is 2.11. The average Bonchev–Trinajstić information content (AvgIpc) is 2.33. The zero-order valence-corrected chi connectivity index (χ0v) is 11.7. The number of halogens is 1. The summed E-state index contributed by atoms with van der Waals surface area (Å²) >= 11 is 3.27. The van der Waals surface area contributed by atoms with Crippen LogP contribution in [0.5, 0.6) is 0 Å². The molecule has 6 heteroatoms. The second-order valence-corrected chi connectivity index (χ2v) is 4.94. The average molecular weight is 322 g/mol. The number of aryl methyl sites for hydroxylation is 1. The molecule has 0 aliphatic heterocycles. The molecular formula is C13H12BrN3O2. The van der Waals surface area contributed by atoms with Gasteiger partial charge in [-0.1, -0.05) is 0 Å². The number of hydrogen-bond acceptors (Lipinski definition) is 3. The second kappa shape index (κ2) is 5.27. The van der Waals surface area contributed by atoms with Crippen LogP contribution in [0.3, 0.4) is 0 Å². The SMILES string of the molecule is Cc1cc(=O)c(C(=O)Nc2ccc(Br)c(N)c2)c[nH]1. The zero-order valence-electron chi connectivity index (χ0n) is 10.2. The second-order valence-electron chi connectivity index (χ2n) is 4.08. The van der Waals surface area contributed by atoms with E-state index in [4.69, 9.17) is 5.73 Å². The van der Waals surface area contributed by atoms with E-state index in [1.807, 2.05) is 0 Å². The van der Waals surface area contributed by atoms with Gasteiger partial charge in [0.15, 0.2) is 5.43 Å². The smallest absolute Gasteiger partial charge is 0.261 e. The standard InChI is InChI=1S/C13H12BrN3O2/c1-7-4-12(18)9(6-16-7)13(19)17-8-2-3-10(14)11(15)5-8/h2-6H,15H2,1H3,(H,16,18)(H,17,19). The Labute approximate surface area is 118 Å². The molecule has 0 saturated heterocycles. The number of carbonyl (C=O) groups excluding carboxylic acids is 1. The number of nitrogens with two attached hydrogens (primary N) is 1. The summed E-state index contributed by atoms with van der Waals surface area (Å²) in [5.74, 6) is -0.469. The number of carbonyl (C=O) groups is 1. The molecule has 1 heterocycles. The third-order valence-corrected chi connectivity index (χ3v) is 3.28. The molecule has 0 aliphatic carbocycles. The minimum Gasteiger partial charge on any atom is -0.398 e. The van der Waals surface area contributed by atoms with E-state index in [2.05, 4.69) is 26.2 Å². The number of pyridine rings is 1. The Morgan fingerprint density at radius 2 is 2.11 bits per heavy atom. The van der Waals surface area contributed by atoms with Crippen molar-refractivity contribution >= 4 is 33.2 Å². The largest absolute Gasteiger partial charge is 0.398 e. The zero-order chi connectivity index (χ0) is 14.0. The molecule has 0 fully saturated rings. The molecular weight excluding hydrogens is 310 g/mol. The van der Waals surface area contributed by atoms with E-state index >= 15 is 0 Å². The van der Waals surface area contributed by atoms with Crippen molar-refractivity contribution in [3.8, 4) is 0 Å². The van der Waals surface area contributed by atoms with Gasteiger partial charge in [0.05, 0.1) is 0 Å². The fourth-order valence-corrected chi connectivity index (χ4v) is 1.82. The van der Waals surface area contributed by atoms with Crippen LogP contribution < -0.4 is 16.5 Å². The Kier molecular flexibility index (Phi) is 3.71. The highest BCUT2D eigenvalue weighted by Crippen LogP contribution is 2.23. The molecule has 1 aromatic heterocycles. The summed E-state index contributed by atoms with van der Waals surface area (Å²) < 4.78 is 0.749. The summed E-state index contributed by atoms with van der Waals surface area (Å²) in [6.45, 7) is 1.75.